The number of allylic oxidation sites excluding steroid dienone is 1. The van der Waals surface area contributed by atoms with E-state index in [4.69, 9.17) is 9.47 Å². The van der Waals surface area contributed by atoms with E-state index in [1.54, 1.807) is 13.8 Å². The molecule has 0 N–H and O–H groups in total. The van der Waals surface area contributed by atoms with Crippen LogP contribution in [0.4, 0.5) is 0 Å². The average molecular weight is 257 g/mol. The normalized spacial score (nSPS) is 12.0. The number of carbonyl (C=O) groups is 2. The van der Waals surface area contributed by atoms with Crippen molar-refractivity contribution in [2.45, 2.75) is 27.2 Å². The van der Waals surface area contributed by atoms with E-state index in [1.807, 2.05) is 0 Å². The molecule has 0 saturated carbocycles. The monoisotopic (exact) mass is 257 g/mol. The molecule has 0 aromatic carbocycles. The first kappa shape index (κ1) is 16.1. The minimum Gasteiger partial charge on any atom is -0.497 e. The summed E-state index contributed by atoms with van der Waals surface area (Å²) in [4.78, 5) is 26.8. The summed E-state index contributed by atoms with van der Waals surface area (Å²) in [5, 5.41) is 3.43. The molecule has 18 heavy (non-hydrogen) atoms. The molecule has 0 saturated heterocycles. The molecular weight excluding hydrogens is 238 g/mol. The highest BCUT2D eigenvalue weighted by atomic mass is 16.6. The first-order chi connectivity index (χ1) is 8.52. The second-order valence-corrected chi connectivity index (χ2v) is 3.44. The molecule has 0 bridgehead atoms. The van der Waals surface area contributed by atoms with Gasteiger partial charge in [-0.3, -0.25) is 4.79 Å². The van der Waals surface area contributed by atoms with Gasteiger partial charge in [0.1, 0.15) is 20.3 Å². The Morgan fingerprint density at radius 1 is 1.22 bits per heavy atom. The van der Waals surface area contributed by atoms with Gasteiger partial charge in [-0.25, -0.2) is 4.79 Å². The van der Waals surface area contributed by atoms with Crippen LogP contribution in [0.3, 0.4) is 0 Å². The lowest BCUT2D eigenvalue weighted by Gasteiger charge is -2.04. The van der Waals surface area contributed by atoms with Crippen molar-refractivity contribution in [1.82, 2.24) is 0 Å². The number of hydrogen-bond acceptors (Lipinski definition) is 6. The third-order valence-electron chi connectivity index (χ3n) is 1.98. The van der Waals surface area contributed by atoms with Gasteiger partial charge in [-0.05, 0) is 13.8 Å². The van der Waals surface area contributed by atoms with Gasteiger partial charge in [-0.2, -0.15) is 0 Å². The predicted molar refractivity (Wildman–Crippen MR) is 66.1 cm³/mol. The van der Waals surface area contributed by atoms with Crippen LogP contribution in [0, 0.1) is 0 Å². The number of esters is 1. The highest BCUT2D eigenvalue weighted by Crippen LogP contribution is 1.98. The van der Waals surface area contributed by atoms with Crippen molar-refractivity contribution >= 4 is 17.5 Å². The van der Waals surface area contributed by atoms with Crippen molar-refractivity contribution in [3.63, 3.8) is 0 Å². The summed E-state index contributed by atoms with van der Waals surface area (Å²) in [7, 11) is 1.35. The summed E-state index contributed by atoms with van der Waals surface area (Å²) in [5.41, 5.74) is 0.673. The average Bonchev–Trinajstić information content (AvgIpc) is 2.37. The molecule has 0 atom stereocenters. The van der Waals surface area contributed by atoms with Gasteiger partial charge in [0, 0.05) is 12.0 Å². The molecule has 0 spiro atoms. The molecule has 0 aromatic rings. The Labute approximate surface area is 107 Å². The second kappa shape index (κ2) is 9.21. The molecule has 0 heterocycles. The lowest BCUT2D eigenvalue weighted by Crippen LogP contribution is -2.17. The van der Waals surface area contributed by atoms with Gasteiger partial charge in [0.2, 0.25) is 0 Å². The number of ether oxygens (including phenoxy) is 2. The fraction of sp³-hybridized carbons (Fsp3) is 0.583. The van der Waals surface area contributed by atoms with Crippen LogP contribution in [0.15, 0.2) is 17.0 Å². The Morgan fingerprint density at radius 2 is 1.89 bits per heavy atom. The van der Waals surface area contributed by atoms with Crippen LogP contribution < -0.4 is 0 Å². The standard InChI is InChI=1S/C12H19NO5/c1-5-11(14)9(2)8-17-6-7-18-12(15)10(3)13-16-4/h8H,5-7H2,1-4H3/b9-8+,13-10+. The Kier molecular flexibility index (Phi) is 8.26. The molecule has 0 aromatic heterocycles. The van der Waals surface area contributed by atoms with Crippen LogP contribution in [0.25, 0.3) is 0 Å². The molecule has 6 nitrogen and oxygen atoms in total. The number of Topliss-reactive ketones (excluding diaryl/α,β-unsaturated/α-hetero) is 1. The molecule has 0 amide bonds. The number of oxime groups is 1. The van der Waals surface area contributed by atoms with Gasteiger partial charge in [0.05, 0.1) is 6.26 Å². The van der Waals surface area contributed by atoms with Crippen molar-refractivity contribution in [3.05, 3.63) is 11.8 Å². The summed E-state index contributed by atoms with van der Waals surface area (Å²) in [6.45, 7) is 5.20. The van der Waals surface area contributed by atoms with E-state index < -0.39 is 5.97 Å². The fourth-order valence-electron chi connectivity index (χ4n) is 0.990. The van der Waals surface area contributed by atoms with E-state index in [9.17, 15) is 9.59 Å². The third-order valence-corrected chi connectivity index (χ3v) is 1.98. The van der Waals surface area contributed by atoms with Gasteiger partial charge in [-0.1, -0.05) is 12.1 Å². The van der Waals surface area contributed by atoms with E-state index in [-0.39, 0.29) is 24.7 Å². The van der Waals surface area contributed by atoms with Crippen LogP contribution in [-0.2, 0) is 23.9 Å². The molecule has 0 aliphatic rings. The zero-order valence-corrected chi connectivity index (χ0v) is 11.2. The van der Waals surface area contributed by atoms with Crippen LogP contribution in [0.2, 0.25) is 0 Å². The topological polar surface area (TPSA) is 74.2 Å². The lowest BCUT2D eigenvalue weighted by atomic mass is 10.2. The summed E-state index contributed by atoms with van der Waals surface area (Å²) in [6, 6.07) is 0. The zero-order chi connectivity index (χ0) is 14.0. The number of hydrogen-bond donors (Lipinski definition) is 0. The van der Waals surface area contributed by atoms with E-state index in [2.05, 4.69) is 9.99 Å². The van der Waals surface area contributed by atoms with Crippen molar-refractivity contribution in [2.75, 3.05) is 20.3 Å². The van der Waals surface area contributed by atoms with Gasteiger partial charge in [0.15, 0.2) is 11.5 Å². The maximum absolute atomic E-state index is 11.2. The van der Waals surface area contributed by atoms with Crippen LogP contribution in [0.1, 0.15) is 27.2 Å². The highest BCUT2D eigenvalue weighted by Gasteiger charge is 2.07. The molecule has 0 radical (unpaired) electrons. The third kappa shape index (κ3) is 6.67. The summed E-state index contributed by atoms with van der Waals surface area (Å²) < 4.78 is 9.91. The SMILES string of the molecule is CCC(=O)/C(C)=C/OCCOC(=O)/C(C)=N/OC. The number of carbonyl (C=O) groups excluding carboxylic acids is 2. The number of rotatable bonds is 8. The lowest BCUT2D eigenvalue weighted by molar-refractivity contribution is -0.136. The number of ketones is 1. The minimum atomic E-state index is -0.564. The molecule has 6 heteroatoms. The Bertz CT molecular complexity index is 346. The van der Waals surface area contributed by atoms with Crippen molar-refractivity contribution in [3.8, 4) is 0 Å². The van der Waals surface area contributed by atoms with Gasteiger partial charge < -0.3 is 14.3 Å². The molecule has 0 aliphatic carbocycles. The summed E-state index contributed by atoms with van der Waals surface area (Å²) in [5.74, 6) is -0.541. The molecule has 0 aliphatic heterocycles. The first-order valence-electron chi connectivity index (χ1n) is 5.59. The molecule has 102 valence electrons. The summed E-state index contributed by atoms with van der Waals surface area (Å²) >= 11 is 0. The van der Waals surface area contributed by atoms with Gasteiger partial charge in [0.25, 0.3) is 0 Å². The Morgan fingerprint density at radius 3 is 2.44 bits per heavy atom. The first-order valence-corrected chi connectivity index (χ1v) is 5.59. The fourth-order valence-corrected chi connectivity index (χ4v) is 0.990. The zero-order valence-electron chi connectivity index (χ0n) is 11.2. The largest absolute Gasteiger partial charge is 0.497 e. The van der Waals surface area contributed by atoms with E-state index in [1.165, 1.54) is 20.3 Å². The molecule has 0 fully saturated rings. The smallest absolute Gasteiger partial charge is 0.355 e. The molecule has 0 unspecified atom stereocenters. The molecular formula is C12H19NO5. The predicted octanol–water partition coefficient (Wildman–Crippen LogP) is 1.45. The Hall–Kier alpha value is -1.85. The Balaban J connectivity index is 3.85. The minimum absolute atomic E-state index is 0.0232. The highest BCUT2D eigenvalue weighted by molar-refractivity contribution is 6.35. The quantitative estimate of drug-likeness (QED) is 0.164. The number of nitrogens with zero attached hydrogens (tertiary/aromatic N) is 1. The van der Waals surface area contributed by atoms with Crippen molar-refractivity contribution < 1.29 is 23.9 Å². The maximum atomic E-state index is 11.2. The van der Waals surface area contributed by atoms with E-state index in [0.717, 1.165) is 0 Å². The van der Waals surface area contributed by atoms with E-state index >= 15 is 0 Å². The van der Waals surface area contributed by atoms with E-state index in [0.29, 0.717) is 12.0 Å². The van der Waals surface area contributed by atoms with Crippen LogP contribution >= 0.6 is 0 Å². The second-order valence-electron chi connectivity index (χ2n) is 3.44. The summed E-state index contributed by atoms with van der Waals surface area (Å²) in [6.07, 6.45) is 1.81. The van der Waals surface area contributed by atoms with Gasteiger partial charge in [-0.15, -0.1) is 0 Å². The van der Waals surface area contributed by atoms with Crippen molar-refractivity contribution in [2.24, 2.45) is 5.16 Å². The van der Waals surface area contributed by atoms with Crippen LogP contribution in [-0.4, -0.2) is 37.8 Å². The maximum Gasteiger partial charge on any atom is 0.355 e. The van der Waals surface area contributed by atoms with Crippen LogP contribution in [0.5, 0.6) is 0 Å². The van der Waals surface area contributed by atoms with Gasteiger partial charge >= 0.3 is 5.97 Å². The van der Waals surface area contributed by atoms with Crippen molar-refractivity contribution in [1.29, 1.82) is 0 Å². The molecule has 0 rings (SSSR count).